The molecular formula is C20H27N3O2. The van der Waals surface area contributed by atoms with Gasteiger partial charge in [0.25, 0.3) is 0 Å². The third-order valence-electron chi connectivity index (χ3n) is 5.60. The number of aliphatic hydroxyl groups excluding tert-OH is 1. The first-order valence-electron chi connectivity index (χ1n) is 9.30. The number of nitrogens with zero attached hydrogens (tertiary/aromatic N) is 3. The summed E-state index contributed by atoms with van der Waals surface area (Å²) < 4.78 is 7.56. The molecule has 25 heavy (non-hydrogen) atoms. The highest BCUT2D eigenvalue weighted by molar-refractivity contribution is 5.62. The number of hydrogen-bond donors (Lipinski definition) is 1. The van der Waals surface area contributed by atoms with Gasteiger partial charge in [0.2, 0.25) is 0 Å². The van der Waals surface area contributed by atoms with E-state index in [-0.39, 0.29) is 12.0 Å². The van der Waals surface area contributed by atoms with Crippen molar-refractivity contribution in [3.05, 3.63) is 42.1 Å². The van der Waals surface area contributed by atoms with Gasteiger partial charge < -0.3 is 9.84 Å². The molecule has 0 radical (unpaired) electrons. The van der Waals surface area contributed by atoms with E-state index >= 15 is 0 Å². The number of likely N-dealkylation sites (tertiary alicyclic amines) is 1. The summed E-state index contributed by atoms with van der Waals surface area (Å²) in [5.41, 5.74) is 3.48. The molecule has 3 atom stereocenters. The summed E-state index contributed by atoms with van der Waals surface area (Å²) in [6, 6.07) is 10.8. The van der Waals surface area contributed by atoms with Gasteiger partial charge in [0.15, 0.2) is 0 Å². The van der Waals surface area contributed by atoms with E-state index < -0.39 is 0 Å². The molecule has 5 nitrogen and oxygen atoms in total. The molecule has 1 N–H and O–H groups in total. The van der Waals surface area contributed by atoms with Crippen LogP contribution in [0.25, 0.3) is 11.3 Å². The molecule has 2 fully saturated rings. The lowest BCUT2D eigenvalue weighted by molar-refractivity contribution is -0.0635. The molecule has 0 aliphatic carbocycles. The van der Waals surface area contributed by atoms with Crippen molar-refractivity contribution < 1.29 is 9.84 Å². The molecule has 0 amide bonds. The Bertz CT molecular complexity index is 700. The minimum atomic E-state index is -0.234. The Morgan fingerprint density at radius 1 is 1.24 bits per heavy atom. The monoisotopic (exact) mass is 341 g/mol. The third-order valence-corrected chi connectivity index (χ3v) is 5.60. The Labute approximate surface area is 149 Å². The van der Waals surface area contributed by atoms with Crippen LogP contribution in [0, 0.1) is 5.92 Å². The predicted molar refractivity (Wildman–Crippen MR) is 97.0 cm³/mol. The van der Waals surface area contributed by atoms with Crippen LogP contribution in [0.5, 0.6) is 0 Å². The van der Waals surface area contributed by atoms with Crippen molar-refractivity contribution in [1.82, 2.24) is 14.7 Å². The van der Waals surface area contributed by atoms with E-state index in [1.807, 2.05) is 17.8 Å². The van der Waals surface area contributed by atoms with Gasteiger partial charge in [-0.25, -0.2) is 0 Å². The van der Waals surface area contributed by atoms with Gasteiger partial charge in [0.1, 0.15) is 0 Å². The first kappa shape index (κ1) is 16.8. The van der Waals surface area contributed by atoms with Crippen molar-refractivity contribution >= 4 is 0 Å². The molecule has 1 aromatic heterocycles. The zero-order valence-corrected chi connectivity index (χ0v) is 14.8. The van der Waals surface area contributed by atoms with Crippen molar-refractivity contribution in [1.29, 1.82) is 0 Å². The van der Waals surface area contributed by atoms with Crippen LogP contribution >= 0.6 is 0 Å². The number of aromatic nitrogens is 2. The molecule has 1 aromatic carbocycles. The molecule has 4 rings (SSSR count). The van der Waals surface area contributed by atoms with E-state index in [1.165, 1.54) is 12.0 Å². The Kier molecular flexibility index (Phi) is 4.88. The smallest absolute Gasteiger partial charge is 0.0968 e. The molecule has 5 heteroatoms. The number of hydrogen-bond acceptors (Lipinski definition) is 4. The maximum absolute atomic E-state index is 10.4. The highest BCUT2D eigenvalue weighted by Crippen LogP contribution is 2.32. The number of rotatable bonds is 4. The summed E-state index contributed by atoms with van der Waals surface area (Å²) in [6.45, 7) is 3.33. The molecule has 134 valence electrons. The second kappa shape index (κ2) is 7.28. The predicted octanol–water partition coefficient (Wildman–Crippen LogP) is 2.45. The van der Waals surface area contributed by atoms with E-state index in [4.69, 9.17) is 9.84 Å². The van der Waals surface area contributed by atoms with Crippen LogP contribution in [0.3, 0.4) is 0 Å². The molecule has 0 spiro atoms. The summed E-state index contributed by atoms with van der Waals surface area (Å²) in [6.07, 6.45) is 4.99. The lowest BCUT2D eigenvalue weighted by Crippen LogP contribution is -2.45. The van der Waals surface area contributed by atoms with E-state index in [1.54, 1.807) is 0 Å². The zero-order valence-electron chi connectivity index (χ0n) is 14.8. The molecule has 2 saturated heterocycles. The fourth-order valence-corrected chi connectivity index (χ4v) is 4.36. The summed E-state index contributed by atoms with van der Waals surface area (Å²) in [4.78, 5) is 2.52. The van der Waals surface area contributed by atoms with Crippen LogP contribution in [0.1, 0.15) is 24.8 Å². The van der Waals surface area contributed by atoms with Crippen LogP contribution in [0.4, 0.5) is 0 Å². The van der Waals surface area contributed by atoms with E-state index in [2.05, 4.69) is 35.4 Å². The van der Waals surface area contributed by atoms with Gasteiger partial charge >= 0.3 is 0 Å². The molecule has 0 saturated carbocycles. The molecule has 2 aliphatic rings. The quantitative estimate of drug-likeness (QED) is 0.928. The van der Waals surface area contributed by atoms with Gasteiger partial charge in [-0.15, -0.1) is 0 Å². The molecule has 3 unspecified atom stereocenters. The fourth-order valence-electron chi connectivity index (χ4n) is 4.36. The number of aliphatic hydroxyl groups is 1. The van der Waals surface area contributed by atoms with Crippen molar-refractivity contribution in [2.45, 2.75) is 38.0 Å². The standard InChI is InChI=1S/C20H27N3O2/c1-22-12-16(20(21-22)15-6-3-2-4-7-15)13-23-10-5-8-18(23)17-14-25-11-9-19(17)24/h2-4,6-7,12,17-19,24H,5,8-11,13-14H2,1H3. The van der Waals surface area contributed by atoms with Gasteiger partial charge in [0, 0.05) is 49.5 Å². The molecule has 3 heterocycles. The average molecular weight is 341 g/mol. The van der Waals surface area contributed by atoms with Crippen LogP contribution < -0.4 is 0 Å². The van der Waals surface area contributed by atoms with E-state index in [9.17, 15) is 5.11 Å². The molecular weight excluding hydrogens is 314 g/mol. The van der Waals surface area contributed by atoms with Crippen molar-refractivity contribution in [2.75, 3.05) is 19.8 Å². The van der Waals surface area contributed by atoms with Gasteiger partial charge in [-0.1, -0.05) is 30.3 Å². The normalized spacial score (nSPS) is 27.7. The SMILES string of the molecule is Cn1cc(CN2CCCC2C2COCCC2O)c(-c2ccccc2)n1. The number of aryl methyl sites for hydroxylation is 1. The van der Waals surface area contributed by atoms with Crippen LogP contribution in [-0.2, 0) is 18.3 Å². The van der Waals surface area contributed by atoms with E-state index in [0.29, 0.717) is 19.3 Å². The molecule has 0 bridgehead atoms. The lowest BCUT2D eigenvalue weighted by atomic mass is 9.89. The van der Waals surface area contributed by atoms with Crippen molar-refractivity contribution in [3.63, 3.8) is 0 Å². The van der Waals surface area contributed by atoms with Crippen LogP contribution in [0.15, 0.2) is 36.5 Å². The van der Waals surface area contributed by atoms with Gasteiger partial charge in [0.05, 0.1) is 18.4 Å². The minimum absolute atomic E-state index is 0.230. The fraction of sp³-hybridized carbons (Fsp3) is 0.550. The molecule has 2 aromatic rings. The first-order valence-corrected chi connectivity index (χ1v) is 9.30. The Balaban J connectivity index is 1.55. The van der Waals surface area contributed by atoms with Crippen molar-refractivity contribution in [2.24, 2.45) is 13.0 Å². The number of ether oxygens (including phenoxy) is 1. The average Bonchev–Trinajstić information content (AvgIpc) is 3.23. The summed E-state index contributed by atoms with van der Waals surface area (Å²) in [7, 11) is 1.98. The van der Waals surface area contributed by atoms with Gasteiger partial charge in [-0.3, -0.25) is 9.58 Å². The maximum Gasteiger partial charge on any atom is 0.0968 e. The second-order valence-electron chi connectivity index (χ2n) is 7.32. The zero-order chi connectivity index (χ0) is 17.2. The minimum Gasteiger partial charge on any atom is -0.393 e. The Morgan fingerprint density at radius 2 is 2.08 bits per heavy atom. The van der Waals surface area contributed by atoms with Gasteiger partial charge in [-0.2, -0.15) is 5.10 Å². The lowest BCUT2D eigenvalue weighted by Gasteiger charge is -2.37. The molecule has 2 aliphatic heterocycles. The topological polar surface area (TPSA) is 50.5 Å². The first-order chi connectivity index (χ1) is 12.2. The van der Waals surface area contributed by atoms with E-state index in [0.717, 1.165) is 37.2 Å². The third kappa shape index (κ3) is 3.50. The maximum atomic E-state index is 10.4. The summed E-state index contributed by atoms with van der Waals surface area (Å²) in [5, 5.41) is 15.1. The number of benzene rings is 1. The Hall–Kier alpha value is -1.69. The van der Waals surface area contributed by atoms with Crippen molar-refractivity contribution in [3.8, 4) is 11.3 Å². The van der Waals surface area contributed by atoms with Crippen LogP contribution in [-0.4, -0.2) is 51.7 Å². The summed E-state index contributed by atoms with van der Waals surface area (Å²) in [5.74, 6) is 0.230. The Morgan fingerprint density at radius 3 is 2.88 bits per heavy atom. The van der Waals surface area contributed by atoms with Gasteiger partial charge in [-0.05, 0) is 25.8 Å². The van der Waals surface area contributed by atoms with Crippen LogP contribution in [0.2, 0.25) is 0 Å². The highest BCUT2D eigenvalue weighted by Gasteiger charge is 2.37. The second-order valence-corrected chi connectivity index (χ2v) is 7.32. The summed E-state index contributed by atoms with van der Waals surface area (Å²) >= 11 is 0. The largest absolute Gasteiger partial charge is 0.393 e. The highest BCUT2D eigenvalue weighted by atomic mass is 16.5.